The first-order valence-corrected chi connectivity index (χ1v) is 11.6. The van der Waals surface area contributed by atoms with Crippen LogP contribution < -0.4 is 4.74 Å². The molecule has 0 fully saturated rings. The maximum absolute atomic E-state index is 12.8. The maximum atomic E-state index is 12.8. The van der Waals surface area contributed by atoms with Gasteiger partial charge in [0, 0.05) is 13.3 Å². The lowest BCUT2D eigenvalue weighted by atomic mass is 10.00. The van der Waals surface area contributed by atoms with Crippen molar-refractivity contribution in [1.29, 1.82) is 0 Å². The Hall–Kier alpha value is -2.62. The van der Waals surface area contributed by atoms with Crippen LogP contribution in [0.1, 0.15) is 83.8 Å². The fraction of sp³-hybridized carbons (Fsp3) is 0.481. The largest absolute Gasteiger partial charge is 0.478 e. The highest BCUT2D eigenvalue weighted by atomic mass is 16.5. The maximum Gasteiger partial charge on any atom is 0.302 e. The van der Waals surface area contributed by atoms with Crippen molar-refractivity contribution in [3.05, 3.63) is 54.1 Å². The van der Waals surface area contributed by atoms with Crippen LogP contribution in [-0.2, 0) is 14.3 Å². The molecular formula is C27H36O4. The van der Waals surface area contributed by atoms with Crippen LogP contribution in [-0.4, -0.2) is 18.4 Å². The molecule has 0 aromatic heterocycles. The average molecular weight is 425 g/mol. The minimum Gasteiger partial charge on any atom is -0.478 e. The molecule has 0 aliphatic heterocycles. The summed E-state index contributed by atoms with van der Waals surface area (Å²) in [6.07, 6.45) is 8.65. The van der Waals surface area contributed by atoms with Crippen molar-refractivity contribution in [3.63, 3.8) is 0 Å². The van der Waals surface area contributed by atoms with E-state index in [9.17, 15) is 9.59 Å². The molecular weight excluding hydrogens is 388 g/mol. The number of fused-ring (bicyclic) bond motifs is 1. The SMILES string of the molecule is CCCCCCCCCC(=O)C(Oc1cc2cc-2c1)c1ccccc1.CCOC(C)=O. The lowest BCUT2D eigenvalue weighted by Crippen LogP contribution is -2.18. The standard InChI is InChI=1S/C23H28O2.C4H8O2/c1-2-3-4-5-6-7-11-14-22(24)23(18-12-9-8-10-13-18)25-21-16-19-15-20(19)17-21;1-3-6-4(2)5/h8-10,12-13,15-17,23H,2-7,11,14H2,1H3;3H2,1-2H3. The Bertz CT molecular complexity index is 793. The minimum atomic E-state index is -0.484. The molecule has 1 unspecified atom stereocenters. The zero-order valence-corrected chi connectivity index (χ0v) is 19.2. The van der Waals surface area contributed by atoms with Crippen LogP contribution in [0, 0.1) is 0 Å². The van der Waals surface area contributed by atoms with Crippen molar-refractivity contribution in [2.75, 3.05) is 6.61 Å². The van der Waals surface area contributed by atoms with E-state index in [1.54, 1.807) is 6.92 Å². The normalized spacial score (nSPS) is 11.7. The first-order chi connectivity index (χ1) is 15.0. The van der Waals surface area contributed by atoms with E-state index in [0.717, 1.165) is 24.2 Å². The molecule has 1 aromatic carbocycles. The van der Waals surface area contributed by atoms with Gasteiger partial charge in [0.05, 0.1) is 6.61 Å². The highest BCUT2D eigenvalue weighted by Gasteiger charge is 2.24. The Labute approximate surface area is 187 Å². The third kappa shape index (κ3) is 9.37. The summed E-state index contributed by atoms with van der Waals surface area (Å²) in [6.45, 7) is 5.89. The molecule has 2 aliphatic carbocycles. The smallest absolute Gasteiger partial charge is 0.302 e. The van der Waals surface area contributed by atoms with E-state index >= 15 is 0 Å². The molecule has 0 N–H and O–H groups in total. The molecule has 0 heterocycles. The van der Waals surface area contributed by atoms with Gasteiger partial charge >= 0.3 is 5.97 Å². The molecule has 2 aliphatic rings. The summed E-state index contributed by atoms with van der Waals surface area (Å²) in [5.41, 5.74) is 3.42. The minimum absolute atomic E-state index is 0.189. The molecule has 1 aromatic rings. The van der Waals surface area contributed by atoms with E-state index in [-0.39, 0.29) is 11.8 Å². The summed E-state index contributed by atoms with van der Waals surface area (Å²) in [5.74, 6) is 0.792. The lowest BCUT2D eigenvalue weighted by molar-refractivity contribution is -0.140. The third-order valence-electron chi connectivity index (χ3n) is 5.18. The molecule has 0 bridgehead atoms. The predicted octanol–water partition coefficient (Wildman–Crippen LogP) is 7.07. The molecule has 3 rings (SSSR count). The molecule has 31 heavy (non-hydrogen) atoms. The van der Waals surface area contributed by atoms with Crippen molar-refractivity contribution in [1.82, 2.24) is 0 Å². The molecule has 168 valence electrons. The number of ketones is 1. The van der Waals surface area contributed by atoms with E-state index in [0.29, 0.717) is 13.0 Å². The number of ether oxygens (including phenoxy) is 2. The topological polar surface area (TPSA) is 52.6 Å². The zero-order chi connectivity index (χ0) is 22.5. The number of carbonyl (C=O) groups excluding carboxylic acids is 2. The molecule has 4 heteroatoms. The highest BCUT2D eigenvalue weighted by molar-refractivity contribution is 5.86. The van der Waals surface area contributed by atoms with Gasteiger partial charge in [0.1, 0.15) is 5.75 Å². The second-order valence-corrected chi connectivity index (χ2v) is 7.92. The van der Waals surface area contributed by atoms with Gasteiger partial charge in [-0.15, -0.1) is 0 Å². The van der Waals surface area contributed by atoms with Crippen molar-refractivity contribution in [3.8, 4) is 16.9 Å². The lowest BCUT2D eigenvalue weighted by Gasteiger charge is -2.18. The summed E-state index contributed by atoms with van der Waals surface area (Å²) < 4.78 is 10.5. The number of rotatable bonds is 13. The van der Waals surface area contributed by atoms with E-state index in [2.05, 4.69) is 17.7 Å². The molecule has 0 amide bonds. The number of benzene rings is 2. The van der Waals surface area contributed by atoms with E-state index in [1.165, 1.54) is 50.2 Å². The average Bonchev–Trinajstić information content (AvgIpc) is 3.37. The highest BCUT2D eigenvalue weighted by Crippen LogP contribution is 2.41. The van der Waals surface area contributed by atoms with Crippen LogP contribution in [0.15, 0.2) is 48.5 Å². The van der Waals surface area contributed by atoms with Crippen LogP contribution in [0.3, 0.4) is 0 Å². The number of carbonyl (C=O) groups is 2. The van der Waals surface area contributed by atoms with Crippen LogP contribution in [0.25, 0.3) is 11.1 Å². The van der Waals surface area contributed by atoms with E-state index in [4.69, 9.17) is 4.74 Å². The Morgan fingerprint density at radius 1 is 0.839 bits per heavy atom. The third-order valence-corrected chi connectivity index (χ3v) is 5.18. The predicted molar refractivity (Wildman–Crippen MR) is 125 cm³/mol. The fourth-order valence-corrected chi connectivity index (χ4v) is 3.47. The molecule has 0 saturated heterocycles. The van der Waals surface area contributed by atoms with Crippen LogP contribution >= 0.6 is 0 Å². The van der Waals surface area contributed by atoms with Crippen LogP contribution in [0.4, 0.5) is 0 Å². The van der Waals surface area contributed by atoms with Crippen LogP contribution in [0.2, 0.25) is 0 Å². The second-order valence-electron chi connectivity index (χ2n) is 7.92. The van der Waals surface area contributed by atoms with Crippen molar-refractivity contribution < 1.29 is 19.1 Å². The van der Waals surface area contributed by atoms with Gasteiger partial charge in [0.15, 0.2) is 11.9 Å². The Balaban J connectivity index is 0.000000501. The van der Waals surface area contributed by atoms with Gasteiger partial charge < -0.3 is 9.47 Å². The van der Waals surface area contributed by atoms with Gasteiger partial charge in [-0.3, -0.25) is 9.59 Å². The Morgan fingerprint density at radius 3 is 2.00 bits per heavy atom. The molecule has 0 saturated carbocycles. The van der Waals surface area contributed by atoms with Gasteiger partial charge in [-0.05, 0) is 48.2 Å². The monoisotopic (exact) mass is 424 g/mol. The molecule has 0 radical (unpaired) electrons. The summed E-state index contributed by atoms with van der Waals surface area (Å²) in [4.78, 5) is 22.6. The van der Waals surface area contributed by atoms with Gasteiger partial charge in [0.2, 0.25) is 0 Å². The van der Waals surface area contributed by atoms with Crippen molar-refractivity contribution in [2.24, 2.45) is 0 Å². The van der Waals surface area contributed by atoms with E-state index < -0.39 is 6.10 Å². The number of unbranched alkanes of at least 4 members (excludes halogenated alkanes) is 6. The number of hydrogen-bond donors (Lipinski definition) is 0. The number of esters is 1. The Kier molecular flexibility index (Phi) is 10.8. The fourth-order valence-electron chi connectivity index (χ4n) is 3.47. The first-order valence-electron chi connectivity index (χ1n) is 11.6. The first kappa shape index (κ1) is 24.6. The van der Waals surface area contributed by atoms with E-state index in [1.807, 2.05) is 42.5 Å². The zero-order valence-electron chi connectivity index (χ0n) is 19.2. The number of Topliss-reactive ketones (excluding diaryl/α,β-unsaturated/α-hetero) is 1. The summed E-state index contributed by atoms with van der Waals surface area (Å²) >= 11 is 0. The molecule has 0 spiro atoms. The van der Waals surface area contributed by atoms with Gasteiger partial charge in [-0.2, -0.15) is 0 Å². The molecule has 1 atom stereocenters. The van der Waals surface area contributed by atoms with Crippen molar-refractivity contribution in [2.45, 2.75) is 78.2 Å². The van der Waals surface area contributed by atoms with Crippen LogP contribution in [0.5, 0.6) is 5.75 Å². The number of hydrogen-bond acceptors (Lipinski definition) is 4. The Morgan fingerprint density at radius 2 is 1.45 bits per heavy atom. The second kappa shape index (κ2) is 13.6. The van der Waals surface area contributed by atoms with Gasteiger partial charge in [-0.25, -0.2) is 0 Å². The summed E-state index contributed by atoms with van der Waals surface area (Å²) in [7, 11) is 0. The van der Waals surface area contributed by atoms with Gasteiger partial charge in [0.25, 0.3) is 0 Å². The quantitative estimate of drug-likeness (QED) is 0.217. The summed E-state index contributed by atoms with van der Waals surface area (Å²) in [5, 5.41) is 0. The van der Waals surface area contributed by atoms with Crippen molar-refractivity contribution >= 4 is 11.8 Å². The summed E-state index contributed by atoms with van der Waals surface area (Å²) in [6, 6.07) is 16.0. The molecule has 4 nitrogen and oxygen atoms in total. The van der Waals surface area contributed by atoms with Gasteiger partial charge in [-0.1, -0.05) is 75.8 Å².